The second kappa shape index (κ2) is 8.54. The van der Waals surface area contributed by atoms with Crippen LogP contribution in [-0.4, -0.2) is 25.5 Å². The monoisotopic (exact) mass is 340 g/mol. The molecule has 0 atom stereocenters. The molecule has 25 heavy (non-hydrogen) atoms. The molecular weight excluding hydrogens is 320 g/mol. The number of anilines is 1. The lowest BCUT2D eigenvalue weighted by atomic mass is 10.2. The van der Waals surface area contributed by atoms with Crippen LogP contribution in [0.25, 0.3) is 6.08 Å². The predicted molar refractivity (Wildman–Crippen MR) is 96.5 cm³/mol. The average Bonchev–Trinajstić information content (AvgIpc) is 2.58. The van der Waals surface area contributed by atoms with E-state index in [1.807, 2.05) is 31.2 Å². The van der Waals surface area contributed by atoms with Crippen molar-refractivity contribution in [3.63, 3.8) is 0 Å². The van der Waals surface area contributed by atoms with Gasteiger partial charge in [-0.25, -0.2) is 0 Å². The summed E-state index contributed by atoms with van der Waals surface area (Å²) >= 11 is 0. The van der Waals surface area contributed by atoms with Crippen molar-refractivity contribution < 1.29 is 19.1 Å². The first-order valence-electron chi connectivity index (χ1n) is 7.63. The second-order valence-corrected chi connectivity index (χ2v) is 5.36. The number of carbonyl (C=O) groups excluding carboxylic acids is 2. The number of amides is 2. The van der Waals surface area contributed by atoms with E-state index in [1.165, 1.54) is 13.2 Å². The van der Waals surface area contributed by atoms with Crippen molar-refractivity contribution in [3.8, 4) is 11.5 Å². The van der Waals surface area contributed by atoms with Crippen molar-refractivity contribution in [1.29, 1.82) is 0 Å². The normalized spacial score (nSPS) is 10.5. The van der Waals surface area contributed by atoms with Crippen molar-refractivity contribution in [2.24, 2.45) is 5.73 Å². The summed E-state index contributed by atoms with van der Waals surface area (Å²) in [4.78, 5) is 22.8. The van der Waals surface area contributed by atoms with Gasteiger partial charge in [-0.3, -0.25) is 9.59 Å². The van der Waals surface area contributed by atoms with Gasteiger partial charge in [0.05, 0.1) is 7.11 Å². The van der Waals surface area contributed by atoms with Crippen LogP contribution in [-0.2, 0) is 9.59 Å². The number of benzene rings is 2. The van der Waals surface area contributed by atoms with Crippen LogP contribution in [0, 0.1) is 6.92 Å². The number of nitrogens with two attached hydrogens (primary N) is 1. The number of carbonyl (C=O) groups is 2. The molecular formula is C19H20N2O4. The Bertz CT molecular complexity index is 800. The van der Waals surface area contributed by atoms with E-state index >= 15 is 0 Å². The Morgan fingerprint density at radius 2 is 1.96 bits per heavy atom. The summed E-state index contributed by atoms with van der Waals surface area (Å²) in [6, 6.07) is 12.7. The summed E-state index contributed by atoms with van der Waals surface area (Å²) in [6.07, 6.45) is 3.09. The summed E-state index contributed by atoms with van der Waals surface area (Å²) in [5, 5.41) is 2.79. The van der Waals surface area contributed by atoms with Crippen LogP contribution < -0.4 is 20.5 Å². The third kappa shape index (κ3) is 5.69. The van der Waals surface area contributed by atoms with Gasteiger partial charge in [0.2, 0.25) is 5.91 Å². The Morgan fingerprint density at radius 1 is 1.16 bits per heavy atom. The Balaban J connectivity index is 2.04. The third-order valence-electron chi connectivity index (χ3n) is 3.27. The van der Waals surface area contributed by atoms with Crippen LogP contribution >= 0.6 is 0 Å². The molecule has 0 saturated heterocycles. The van der Waals surface area contributed by atoms with Crippen LogP contribution in [0.4, 0.5) is 5.69 Å². The molecule has 6 heteroatoms. The van der Waals surface area contributed by atoms with Gasteiger partial charge in [0.1, 0.15) is 0 Å². The van der Waals surface area contributed by atoms with Crippen molar-refractivity contribution in [2.45, 2.75) is 6.92 Å². The molecule has 0 fully saturated rings. The van der Waals surface area contributed by atoms with Crippen LogP contribution in [0.3, 0.4) is 0 Å². The van der Waals surface area contributed by atoms with E-state index in [9.17, 15) is 9.59 Å². The van der Waals surface area contributed by atoms with E-state index in [1.54, 1.807) is 24.3 Å². The standard InChI is InChI=1S/C19H20N2O4/c1-13-4-3-5-15(10-13)21-19(23)9-7-14-6-8-16(17(11-14)24-2)25-12-18(20)22/h3-11H,12H2,1-2H3,(H2,20,22)(H,21,23)/b9-7+. The molecule has 6 nitrogen and oxygen atoms in total. The third-order valence-corrected chi connectivity index (χ3v) is 3.27. The highest BCUT2D eigenvalue weighted by Crippen LogP contribution is 2.28. The van der Waals surface area contributed by atoms with Gasteiger partial charge in [0, 0.05) is 11.8 Å². The van der Waals surface area contributed by atoms with E-state index in [0.29, 0.717) is 11.5 Å². The molecule has 2 aromatic rings. The molecule has 0 unspecified atom stereocenters. The van der Waals surface area contributed by atoms with Gasteiger partial charge < -0.3 is 20.5 Å². The fraction of sp³-hybridized carbons (Fsp3) is 0.158. The number of aryl methyl sites for hydroxylation is 1. The number of nitrogens with one attached hydrogen (secondary N) is 1. The number of methoxy groups -OCH3 is 1. The molecule has 0 aliphatic heterocycles. The quantitative estimate of drug-likeness (QED) is 0.758. The highest BCUT2D eigenvalue weighted by atomic mass is 16.5. The van der Waals surface area contributed by atoms with Gasteiger partial charge in [-0.15, -0.1) is 0 Å². The molecule has 2 aromatic carbocycles. The van der Waals surface area contributed by atoms with Gasteiger partial charge >= 0.3 is 0 Å². The topological polar surface area (TPSA) is 90.7 Å². The van der Waals surface area contributed by atoms with Crippen molar-refractivity contribution in [1.82, 2.24) is 0 Å². The zero-order valence-corrected chi connectivity index (χ0v) is 14.1. The maximum Gasteiger partial charge on any atom is 0.255 e. The second-order valence-electron chi connectivity index (χ2n) is 5.36. The maximum atomic E-state index is 12.0. The Labute approximate surface area is 146 Å². The molecule has 0 heterocycles. The first kappa shape index (κ1) is 18.1. The highest BCUT2D eigenvalue weighted by molar-refractivity contribution is 6.02. The predicted octanol–water partition coefficient (Wildman–Crippen LogP) is 2.52. The Kier molecular flexibility index (Phi) is 6.17. The minimum atomic E-state index is -0.571. The first-order valence-corrected chi connectivity index (χ1v) is 7.63. The molecule has 0 aliphatic carbocycles. The molecule has 130 valence electrons. The molecule has 0 aliphatic rings. The van der Waals surface area contributed by atoms with E-state index in [0.717, 1.165) is 16.8 Å². The van der Waals surface area contributed by atoms with Crippen LogP contribution in [0.5, 0.6) is 11.5 Å². The summed E-state index contributed by atoms with van der Waals surface area (Å²) in [5.41, 5.74) is 7.61. The summed E-state index contributed by atoms with van der Waals surface area (Å²) in [7, 11) is 1.49. The van der Waals surface area contributed by atoms with Gasteiger partial charge in [-0.05, 0) is 48.4 Å². The van der Waals surface area contributed by atoms with E-state index in [-0.39, 0.29) is 12.5 Å². The fourth-order valence-corrected chi connectivity index (χ4v) is 2.13. The van der Waals surface area contributed by atoms with Crippen LogP contribution in [0.1, 0.15) is 11.1 Å². The molecule has 2 amide bonds. The minimum Gasteiger partial charge on any atom is -0.493 e. The minimum absolute atomic E-state index is 0.232. The fourth-order valence-electron chi connectivity index (χ4n) is 2.13. The molecule has 0 spiro atoms. The number of hydrogen-bond acceptors (Lipinski definition) is 4. The van der Waals surface area contributed by atoms with E-state index in [4.69, 9.17) is 15.2 Å². The smallest absolute Gasteiger partial charge is 0.255 e. The average molecular weight is 340 g/mol. The first-order chi connectivity index (χ1) is 12.0. The van der Waals surface area contributed by atoms with Crippen LogP contribution in [0.2, 0.25) is 0 Å². The van der Waals surface area contributed by atoms with Crippen molar-refractivity contribution in [3.05, 3.63) is 59.7 Å². The highest BCUT2D eigenvalue weighted by Gasteiger charge is 2.06. The number of primary amides is 1. The molecule has 0 bridgehead atoms. The largest absolute Gasteiger partial charge is 0.493 e. The molecule has 3 N–H and O–H groups in total. The summed E-state index contributed by atoms with van der Waals surface area (Å²) in [6.45, 7) is 1.73. The summed E-state index contributed by atoms with van der Waals surface area (Å²) < 4.78 is 10.5. The lowest BCUT2D eigenvalue weighted by Crippen LogP contribution is -2.20. The molecule has 2 rings (SSSR count). The number of hydrogen-bond donors (Lipinski definition) is 2. The van der Waals surface area contributed by atoms with Gasteiger partial charge in [-0.1, -0.05) is 18.2 Å². The zero-order chi connectivity index (χ0) is 18.2. The lowest BCUT2D eigenvalue weighted by Gasteiger charge is -2.10. The number of rotatable bonds is 7. The lowest BCUT2D eigenvalue weighted by molar-refractivity contribution is -0.120. The SMILES string of the molecule is COc1cc(/C=C/C(=O)Nc2cccc(C)c2)ccc1OCC(N)=O. The van der Waals surface area contributed by atoms with Crippen LogP contribution in [0.15, 0.2) is 48.5 Å². The van der Waals surface area contributed by atoms with Gasteiger partial charge in [0.25, 0.3) is 5.91 Å². The molecule has 0 saturated carbocycles. The van der Waals surface area contributed by atoms with Crippen molar-refractivity contribution >= 4 is 23.6 Å². The van der Waals surface area contributed by atoms with Crippen molar-refractivity contribution in [2.75, 3.05) is 19.0 Å². The van der Waals surface area contributed by atoms with E-state index < -0.39 is 5.91 Å². The Morgan fingerprint density at radius 3 is 2.64 bits per heavy atom. The van der Waals surface area contributed by atoms with Gasteiger partial charge in [0.15, 0.2) is 18.1 Å². The summed E-state index contributed by atoms with van der Waals surface area (Å²) in [5.74, 6) is 0.0441. The molecule has 0 aromatic heterocycles. The van der Waals surface area contributed by atoms with Gasteiger partial charge in [-0.2, -0.15) is 0 Å². The molecule has 0 radical (unpaired) electrons. The number of ether oxygens (including phenoxy) is 2. The van der Waals surface area contributed by atoms with E-state index in [2.05, 4.69) is 5.32 Å². The zero-order valence-electron chi connectivity index (χ0n) is 14.1. The maximum absolute atomic E-state index is 12.0. The Hall–Kier alpha value is -3.28.